The van der Waals surface area contributed by atoms with Crippen molar-refractivity contribution in [1.82, 2.24) is 0 Å². The molecule has 0 bridgehead atoms. The third kappa shape index (κ3) is 6.99. The highest BCUT2D eigenvalue weighted by atomic mass is 14.3. The average Bonchev–Trinajstić information content (AvgIpc) is 3.26. The standard InChI is InChI=1S/C44H42/c1-5-8-13-20-34-27-29-36(30-28-34)43-39-24-16-17-25-40(39)44(38-22-15-12-10-11-14-19-33(4)31-38)41-26-18-23-37(32-42(41)43)35(7-3)21-9-6-2/h5,7-32,41H,6H2,1-4H3/b8-5-,11-10?,12-10?,14-11?,15-12?,19-14?,20-13-,21-9-,22-15?,33-19?,33-31?,35-7+,38-22?,38-31?. The van der Waals surface area contributed by atoms with Gasteiger partial charge in [-0.25, -0.2) is 0 Å². The van der Waals surface area contributed by atoms with Crippen molar-refractivity contribution in [2.45, 2.75) is 34.1 Å². The molecule has 0 nitrogen and oxygen atoms in total. The predicted molar refractivity (Wildman–Crippen MR) is 192 cm³/mol. The molecule has 0 aliphatic heterocycles. The van der Waals surface area contributed by atoms with E-state index < -0.39 is 0 Å². The van der Waals surface area contributed by atoms with Crippen LogP contribution in [-0.4, -0.2) is 0 Å². The maximum absolute atomic E-state index is 2.43. The lowest BCUT2D eigenvalue weighted by Gasteiger charge is -2.28. The SMILES string of the molecule is C/C=C\C=C/c1ccc(C2=c3ccccc3=C(c3cccccccc(C)c3)C3C=CC=C(C(/C=C\CC)=C/C)C=C23)cc1. The van der Waals surface area contributed by atoms with Crippen molar-refractivity contribution in [3.8, 4) is 0 Å². The lowest BCUT2D eigenvalue weighted by atomic mass is 9.75. The molecule has 0 saturated heterocycles. The summed E-state index contributed by atoms with van der Waals surface area (Å²) in [5.41, 5.74) is 11.3. The molecule has 0 aromatic heterocycles. The Bertz CT molecular complexity index is 1890. The molecule has 1 atom stereocenters. The van der Waals surface area contributed by atoms with Crippen molar-refractivity contribution in [3.63, 3.8) is 0 Å². The lowest BCUT2D eigenvalue weighted by Crippen LogP contribution is -2.37. The first-order valence-corrected chi connectivity index (χ1v) is 15.7. The van der Waals surface area contributed by atoms with Crippen LogP contribution in [0.4, 0.5) is 0 Å². The van der Waals surface area contributed by atoms with Crippen LogP contribution in [-0.2, 0) is 0 Å². The van der Waals surface area contributed by atoms with Crippen LogP contribution >= 0.6 is 0 Å². The molecular weight excluding hydrogens is 528 g/mol. The third-order valence-electron chi connectivity index (χ3n) is 8.05. The topological polar surface area (TPSA) is 0 Å². The van der Waals surface area contributed by atoms with Crippen molar-refractivity contribution < 1.29 is 0 Å². The van der Waals surface area contributed by atoms with E-state index in [9.17, 15) is 0 Å². The summed E-state index contributed by atoms with van der Waals surface area (Å²) in [4.78, 5) is 0. The Hall–Kier alpha value is -4.94. The van der Waals surface area contributed by atoms with E-state index in [2.05, 4.69) is 179 Å². The molecule has 44 heavy (non-hydrogen) atoms. The average molecular weight is 571 g/mol. The summed E-state index contributed by atoms with van der Waals surface area (Å²) >= 11 is 0. The number of allylic oxidation sites excluding steroid dienone is 13. The van der Waals surface area contributed by atoms with Gasteiger partial charge in [0.15, 0.2) is 0 Å². The van der Waals surface area contributed by atoms with Gasteiger partial charge in [-0.15, -0.1) is 0 Å². The van der Waals surface area contributed by atoms with E-state index >= 15 is 0 Å². The fourth-order valence-electron chi connectivity index (χ4n) is 5.97. The monoisotopic (exact) mass is 570 g/mol. The Labute approximate surface area is 263 Å². The van der Waals surface area contributed by atoms with E-state index in [0.29, 0.717) is 0 Å². The summed E-state index contributed by atoms with van der Waals surface area (Å²) in [6.07, 6.45) is 25.4. The molecule has 0 heteroatoms. The molecule has 0 fully saturated rings. The van der Waals surface area contributed by atoms with Gasteiger partial charge in [-0.05, 0) is 88.3 Å². The number of rotatable bonds is 7. The molecule has 0 spiro atoms. The van der Waals surface area contributed by atoms with Gasteiger partial charge in [-0.2, -0.15) is 0 Å². The minimum Gasteiger partial charge on any atom is -0.0877 e. The van der Waals surface area contributed by atoms with Crippen molar-refractivity contribution in [1.29, 1.82) is 0 Å². The number of hydrogen-bond acceptors (Lipinski definition) is 0. The van der Waals surface area contributed by atoms with Crippen LogP contribution in [0.25, 0.3) is 17.2 Å². The molecule has 5 rings (SSSR count). The van der Waals surface area contributed by atoms with Gasteiger partial charge in [0.25, 0.3) is 0 Å². The fourth-order valence-corrected chi connectivity index (χ4v) is 5.97. The van der Waals surface area contributed by atoms with Gasteiger partial charge in [-0.1, -0.05) is 170 Å². The Balaban J connectivity index is 1.86. The maximum atomic E-state index is 2.43. The molecule has 1 unspecified atom stereocenters. The van der Waals surface area contributed by atoms with E-state index in [4.69, 9.17) is 0 Å². The zero-order chi connectivity index (χ0) is 30.7. The van der Waals surface area contributed by atoms with Crippen LogP contribution in [0.5, 0.6) is 0 Å². The van der Waals surface area contributed by atoms with Gasteiger partial charge in [0.05, 0.1) is 0 Å². The number of aryl methyl sites for hydroxylation is 1. The molecule has 0 heterocycles. The highest BCUT2D eigenvalue weighted by Crippen LogP contribution is 2.40. The van der Waals surface area contributed by atoms with Gasteiger partial charge >= 0.3 is 0 Å². The van der Waals surface area contributed by atoms with Crippen molar-refractivity contribution in [2.24, 2.45) is 5.92 Å². The minimum atomic E-state index is 0.0855. The van der Waals surface area contributed by atoms with Gasteiger partial charge in [0.2, 0.25) is 0 Å². The van der Waals surface area contributed by atoms with Crippen LogP contribution in [0.15, 0.2) is 175 Å². The van der Waals surface area contributed by atoms with Crippen LogP contribution in [0.1, 0.15) is 49.4 Å². The summed E-state index contributed by atoms with van der Waals surface area (Å²) in [7, 11) is 0. The third-order valence-corrected chi connectivity index (χ3v) is 8.05. The first kappa shape index (κ1) is 30.5. The lowest BCUT2D eigenvalue weighted by molar-refractivity contribution is 1.01. The highest BCUT2D eigenvalue weighted by Gasteiger charge is 2.28. The van der Waals surface area contributed by atoms with E-state index in [1.165, 1.54) is 60.6 Å². The summed E-state index contributed by atoms with van der Waals surface area (Å²) in [6.45, 7) is 8.54. The maximum Gasteiger partial charge on any atom is 0.0291 e. The van der Waals surface area contributed by atoms with Crippen LogP contribution in [0.2, 0.25) is 0 Å². The summed E-state index contributed by atoms with van der Waals surface area (Å²) < 4.78 is 0. The fraction of sp³-hybridized carbons (Fsp3) is 0.136. The number of hydrogen-bond donors (Lipinski definition) is 0. The molecule has 2 aliphatic carbocycles. The molecule has 0 saturated carbocycles. The molecule has 0 amide bonds. The van der Waals surface area contributed by atoms with Crippen LogP contribution < -0.4 is 10.4 Å². The van der Waals surface area contributed by atoms with Crippen LogP contribution in [0.3, 0.4) is 0 Å². The Morgan fingerprint density at radius 2 is 1.50 bits per heavy atom. The second-order valence-electron chi connectivity index (χ2n) is 11.1. The highest BCUT2D eigenvalue weighted by molar-refractivity contribution is 5.90. The van der Waals surface area contributed by atoms with Crippen molar-refractivity contribution in [2.75, 3.05) is 0 Å². The minimum absolute atomic E-state index is 0.0855. The first-order valence-electron chi connectivity index (χ1n) is 15.7. The Morgan fingerprint density at radius 1 is 0.773 bits per heavy atom. The molecule has 0 N–H and O–H groups in total. The quantitative estimate of drug-likeness (QED) is 0.248. The van der Waals surface area contributed by atoms with Crippen LogP contribution in [0, 0.1) is 12.8 Å². The van der Waals surface area contributed by atoms with E-state index in [1.807, 2.05) is 13.0 Å². The predicted octanol–water partition coefficient (Wildman–Crippen LogP) is 10.1. The van der Waals surface area contributed by atoms with E-state index in [-0.39, 0.29) is 5.92 Å². The zero-order valence-electron chi connectivity index (χ0n) is 26.4. The molecular formula is C44H42. The molecule has 2 aliphatic rings. The molecule has 3 aromatic rings. The van der Waals surface area contributed by atoms with E-state index in [1.54, 1.807) is 0 Å². The second-order valence-corrected chi connectivity index (χ2v) is 11.1. The second kappa shape index (κ2) is 15.0. The van der Waals surface area contributed by atoms with Crippen molar-refractivity contribution in [3.05, 3.63) is 207 Å². The summed E-state index contributed by atoms with van der Waals surface area (Å²) in [5, 5.41) is 2.55. The first-order chi connectivity index (χ1) is 21.6. The van der Waals surface area contributed by atoms with Gasteiger partial charge in [0, 0.05) is 5.92 Å². The molecule has 218 valence electrons. The molecule has 3 aromatic carbocycles. The largest absolute Gasteiger partial charge is 0.0877 e. The number of fused-ring (bicyclic) bond motifs is 2. The smallest absolute Gasteiger partial charge is 0.0291 e. The summed E-state index contributed by atoms with van der Waals surface area (Å²) in [6, 6.07) is 35.3. The Morgan fingerprint density at radius 3 is 2.25 bits per heavy atom. The normalized spacial score (nSPS) is 16.5. The van der Waals surface area contributed by atoms with Gasteiger partial charge < -0.3 is 0 Å². The molecule has 0 radical (unpaired) electrons. The Kier molecular flexibility index (Phi) is 10.4. The van der Waals surface area contributed by atoms with E-state index in [0.717, 1.165) is 6.42 Å². The number of benzene rings is 2. The van der Waals surface area contributed by atoms with Gasteiger partial charge in [0.1, 0.15) is 0 Å². The van der Waals surface area contributed by atoms with Gasteiger partial charge in [-0.3, -0.25) is 0 Å². The zero-order valence-corrected chi connectivity index (χ0v) is 26.4. The van der Waals surface area contributed by atoms with Crippen molar-refractivity contribution >= 4 is 17.2 Å². The summed E-state index contributed by atoms with van der Waals surface area (Å²) in [5.74, 6) is 0.0855.